The topological polar surface area (TPSA) is 37.4 Å². The number of aldehydes is 1. The maximum Gasteiger partial charge on any atom is 0.250 e. The number of carbonyl (C=O) groups is 2. The van der Waals surface area contributed by atoms with Gasteiger partial charge in [0.15, 0.2) is 0 Å². The van der Waals surface area contributed by atoms with Crippen LogP contribution in [0.5, 0.6) is 0 Å². The Kier molecular flexibility index (Phi) is 4.45. The molecule has 1 aromatic carbocycles. The number of nitrogens with zero attached hydrogens (tertiary/aromatic N) is 1. The number of aryl methyl sites for hydroxylation is 1. The van der Waals surface area contributed by atoms with Gasteiger partial charge in [0.2, 0.25) is 0 Å². The third-order valence-electron chi connectivity index (χ3n) is 2.38. The van der Waals surface area contributed by atoms with E-state index in [2.05, 4.69) is 6.92 Å². The molecule has 1 aromatic rings. The molecule has 0 saturated heterocycles. The summed E-state index contributed by atoms with van der Waals surface area (Å²) in [7, 11) is 1.68. The summed E-state index contributed by atoms with van der Waals surface area (Å²) < 4.78 is 0. The second-order valence-corrected chi connectivity index (χ2v) is 3.41. The van der Waals surface area contributed by atoms with Gasteiger partial charge in [-0.25, -0.2) is 0 Å². The molecule has 0 aromatic heterocycles. The highest BCUT2D eigenvalue weighted by Gasteiger charge is 2.06. The van der Waals surface area contributed by atoms with Crippen LogP contribution in [-0.2, 0) is 16.0 Å². The Morgan fingerprint density at radius 3 is 2.44 bits per heavy atom. The molecule has 3 heteroatoms. The van der Waals surface area contributed by atoms with Gasteiger partial charge in [0, 0.05) is 18.8 Å². The van der Waals surface area contributed by atoms with Crippen LogP contribution in [0.25, 0.3) is 0 Å². The van der Waals surface area contributed by atoms with E-state index < -0.39 is 0 Å². The molecule has 0 bridgehead atoms. The van der Waals surface area contributed by atoms with E-state index in [4.69, 9.17) is 0 Å². The SMILES string of the molecule is CCc1ccc(N(C)C(=O)/C=C\C=O)cc1. The molecule has 1 amide bonds. The average molecular weight is 217 g/mol. The molecule has 0 spiro atoms. The number of amides is 1. The molecule has 0 saturated carbocycles. The van der Waals surface area contributed by atoms with Crippen LogP contribution in [0.15, 0.2) is 36.4 Å². The highest BCUT2D eigenvalue weighted by Crippen LogP contribution is 2.14. The van der Waals surface area contributed by atoms with E-state index in [1.165, 1.54) is 22.6 Å². The first-order valence-corrected chi connectivity index (χ1v) is 5.17. The summed E-state index contributed by atoms with van der Waals surface area (Å²) >= 11 is 0. The first kappa shape index (κ1) is 12.2. The summed E-state index contributed by atoms with van der Waals surface area (Å²) in [4.78, 5) is 23.1. The van der Waals surface area contributed by atoms with Gasteiger partial charge in [-0.3, -0.25) is 9.59 Å². The predicted octanol–water partition coefficient (Wildman–Crippen LogP) is 1.97. The van der Waals surface area contributed by atoms with Crippen molar-refractivity contribution in [2.24, 2.45) is 0 Å². The van der Waals surface area contributed by atoms with Crippen molar-refractivity contribution in [3.8, 4) is 0 Å². The third-order valence-corrected chi connectivity index (χ3v) is 2.38. The van der Waals surface area contributed by atoms with Crippen LogP contribution < -0.4 is 4.90 Å². The smallest absolute Gasteiger partial charge is 0.250 e. The van der Waals surface area contributed by atoms with Crippen molar-refractivity contribution in [2.45, 2.75) is 13.3 Å². The Bertz CT molecular complexity index is 393. The molecule has 3 nitrogen and oxygen atoms in total. The van der Waals surface area contributed by atoms with Crippen molar-refractivity contribution >= 4 is 17.9 Å². The maximum atomic E-state index is 11.5. The fraction of sp³-hybridized carbons (Fsp3) is 0.231. The van der Waals surface area contributed by atoms with Crippen LogP contribution in [-0.4, -0.2) is 19.2 Å². The Hall–Kier alpha value is -1.90. The number of hydrogen-bond donors (Lipinski definition) is 0. The molecule has 0 atom stereocenters. The minimum absolute atomic E-state index is 0.212. The first-order valence-electron chi connectivity index (χ1n) is 5.17. The van der Waals surface area contributed by atoms with Gasteiger partial charge in [-0.05, 0) is 30.2 Å². The molecule has 0 fully saturated rings. The van der Waals surface area contributed by atoms with Crippen molar-refractivity contribution in [3.63, 3.8) is 0 Å². The van der Waals surface area contributed by atoms with E-state index in [1.54, 1.807) is 7.05 Å². The number of allylic oxidation sites excluding steroid dienone is 1. The van der Waals surface area contributed by atoms with Gasteiger partial charge in [-0.15, -0.1) is 0 Å². The number of carbonyl (C=O) groups excluding carboxylic acids is 2. The van der Waals surface area contributed by atoms with Crippen LogP contribution in [0.1, 0.15) is 12.5 Å². The summed E-state index contributed by atoms with van der Waals surface area (Å²) in [5, 5.41) is 0. The van der Waals surface area contributed by atoms with Gasteiger partial charge in [0.05, 0.1) is 0 Å². The van der Waals surface area contributed by atoms with E-state index in [9.17, 15) is 9.59 Å². The Morgan fingerprint density at radius 1 is 1.31 bits per heavy atom. The molecule has 0 radical (unpaired) electrons. The van der Waals surface area contributed by atoms with Gasteiger partial charge in [0.1, 0.15) is 6.29 Å². The second-order valence-electron chi connectivity index (χ2n) is 3.41. The summed E-state index contributed by atoms with van der Waals surface area (Å²) in [6.07, 6.45) is 4.01. The molecule has 1 rings (SSSR count). The monoisotopic (exact) mass is 217 g/mol. The Morgan fingerprint density at radius 2 is 1.94 bits per heavy atom. The fourth-order valence-corrected chi connectivity index (χ4v) is 1.32. The Balaban J connectivity index is 2.79. The van der Waals surface area contributed by atoms with E-state index in [0.717, 1.165) is 12.1 Å². The second kappa shape index (κ2) is 5.85. The van der Waals surface area contributed by atoms with Gasteiger partial charge < -0.3 is 4.90 Å². The molecule has 16 heavy (non-hydrogen) atoms. The summed E-state index contributed by atoms with van der Waals surface area (Å²) in [5.41, 5.74) is 2.05. The van der Waals surface area contributed by atoms with Gasteiger partial charge in [-0.2, -0.15) is 0 Å². The summed E-state index contributed by atoms with van der Waals surface area (Å²) in [6, 6.07) is 7.77. The van der Waals surface area contributed by atoms with Crippen molar-refractivity contribution in [3.05, 3.63) is 42.0 Å². The first-order chi connectivity index (χ1) is 7.69. The highest BCUT2D eigenvalue weighted by molar-refractivity contribution is 6.02. The lowest BCUT2D eigenvalue weighted by Crippen LogP contribution is -2.23. The van der Waals surface area contributed by atoms with Gasteiger partial charge in [-0.1, -0.05) is 19.1 Å². The van der Waals surface area contributed by atoms with Crippen molar-refractivity contribution < 1.29 is 9.59 Å². The normalized spacial score (nSPS) is 10.4. The van der Waals surface area contributed by atoms with Gasteiger partial charge >= 0.3 is 0 Å². The molecule has 0 aliphatic carbocycles. The van der Waals surface area contributed by atoms with Crippen molar-refractivity contribution in [1.82, 2.24) is 0 Å². The van der Waals surface area contributed by atoms with Crippen LogP contribution in [0.2, 0.25) is 0 Å². The lowest BCUT2D eigenvalue weighted by Gasteiger charge is -2.15. The molecule has 0 heterocycles. The molecular weight excluding hydrogens is 202 g/mol. The molecule has 0 N–H and O–H groups in total. The molecule has 84 valence electrons. The average Bonchev–Trinajstić information content (AvgIpc) is 2.35. The van der Waals surface area contributed by atoms with Crippen LogP contribution in [0.4, 0.5) is 5.69 Å². The van der Waals surface area contributed by atoms with Crippen LogP contribution >= 0.6 is 0 Å². The van der Waals surface area contributed by atoms with Crippen molar-refractivity contribution in [1.29, 1.82) is 0 Å². The number of anilines is 1. The molecule has 0 aliphatic heterocycles. The molecule has 0 aliphatic rings. The number of rotatable bonds is 4. The van der Waals surface area contributed by atoms with E-state index in [-0.39, 0.29) is 5.91 Å². The summed E-state index contributed by atoms with van der Waals surface area (Å²) in [5.74, 6) is -0.212. The maximum absolute atomic E-state index is 11.5. The van der Waals surface area contributed by atoms with E-state index in [1.807, 2.05) is 24.3 Å². The molecule has 0 unspecified atom stereocenters. The lowest BCUT2D eigenvalue weighted by molar-refractivity contribution is -0.114. The minimum atomic E-state index is -0.212. The fourth-order valence-electron chi connectivity index (χ4n) is 1.32. The minimum Gasteiger partial charge on any atom is -0.312 e. The van der Waals surface area contributed by atoms with E-state index >= 15 is 0 Å². The lowest BCUT2D eigenvalue weighted by atomic mass is 10.1. The quantitative estimate of drug-likeness (QED) is 0.571. The third kappa shape index (κ3) is 3.05. The largest absolute Gasteiger partial charge is 0.312 e. The highest BCUT2D eigenvalue weighted by atomic mass is 16.2. The number of hydrogen-bond acceptors (Lipinski definition) is 2. The zero-order chi connectivity index (χ0) is 12.0. The molecular formula is C13H15NO2. The standard InChI is InChI=1S/C13H15NO2/c1-3-11-6-8-12(9-7-11)14(2)13(16)5-4-10-15/h4-10H,3H2,1-2H3/b5-4-. The Labute approximate surface area is 95.4 Å². The zero-order valence-corrected chi connectivity index (χ0v) is 9.51. The number of likely N-dealkylation sites (N-methyl/N-ethyl adjacent to an activating group) is 1. The number of benzene rings is 1. The van der Waals surface area contributed by atoms with Crippen LogP contribution in [0.3, 0.4) is 0 Å². The zero-order valence-electron chi connectivity index (χ0n) is 9.51. The van der Waals surface area contributed by atoms with Crippen molar-refractivity contribution in [2.75, 3.05) is 11.9 Å². The van der Waals surface area contributed by atoms with Gasteiger partial charge in [0.25, 0.3) is 5.91 Å². The van der Waals surface area contributed by atoms with Crippen LogP contribution in [0, 0.1) is 0 Å². The summed E-state index contributed by atoms with van der Waals surface area (Å²) in [6.45, 7) is 2.08. The van der Waals surface area contributed by atoms with E-state index in [0.29, 0.717) is 6.29 Å². The predicted molar refractivity (Wildman–Crippen MR) is 64.4 cm³/mol.